The minimum Gasteiger partial charge on any atom is -0.748 e. The van der Waals surface area contributed by atoms with Gasteiger partial charge in [-0.2, -0.15) is 0 Å². The van der Waals surface area contributed by atoms with Crippen molar-refractivity contribution >= 4 is 58.0 Å². The van der Waals surface area contributed by atoms with Crippen molar-refractivity contribution in [2.75, 3.05) is 11.5 Å². The van der Waals surface area contributed by atoms with Crippen LogP contribution in [0.1, 0.15) is 181 Å². The Hall–Kier alpha value is 1.08. The summed E-state index contributed by atoms with van der Waals surface area (Å²) < 4.78 is 62.3. The molecule has 232 valence electrons. The third-order valence-corrected chi connectivity index (χ3v) is 8.57. The van der Waals surface area contributed by atoms with Gasteiger partial charge >= 0.3 is 37.7 Å². The van der Waals surface area contributed by atoms with Crippen LogP contribution in [0.15, 0.2) is 0 Å². The van der Waals surface area contributed by atoms with Gasteiger partial charge in [0.25, 0.3) is 0 Å². The molecule has 0 aliphatic rings. The van der Waals surface area contributed by atoms with E-state index in [9.17, 15) is 25.9 Å². The van der Waals surface area contributed by atoms with Gasteiger partial charge in [-0.3, -0.25) is 0 Å². The fraction of sp³-hybridized carbons (Fsp3) is 1.00. The van der Waals surface area contributed by atoms with Gasteiger partial charge in [-0.25, -0.2) is 16.8 Å². The van der Waals surface area contributed by atoms with Gasteiger partial charge in [-0.05, 0) is 12.8 Å². The van der Waals surface area contributed by atoms with E-state index in [0.717, 1.165) is 25.7 Å². The van der Waals surface area contributed by atoms with Crippen LogP contribution in [0, 0.1) is 0 Å². The minimum absolute atomic E-state index is 0. The Kier molecular flexibility index (Phi) is 38.3. The Bertz CT molecular complexity index is 611. The maximum atomic E-state index is 10.4. The minimum atomic E-state index is -3.99. The average Bonchev–Trinajstić information content (AvgIpc) is 2.84. The second-order valence-corrected chi connectivity index (χ2v) is 14.1. The molecule has 0 aromatic heterocycles. The molecule has 0 heterocycles. The van der Waals surface area contributed by atoms with Crippen LogP contribution >= 0.6 is 0 Å². The molecule has 0 aliphatic heterocycles. The third-order valence-electron chi connectivity index (χ3n) is 7.00. The molecule has 0 aromatic rings. The number of hydrogen-bond acceptors (Lipinski definition) is 6. The molecule has 0 N–H and O–H groups in total. The SMILES string of the molecule is CCCCCCCCCCCCCCCS(=O)(=O)[O-].CCCCCCCCCCCCCCCS(=O)(=O)[O-].[Ca+2]. The van der Waals surface area contributed by atoms with Crippen molar-refractivity contribution in [1.29, 1.82) is 0 Å². The van der Waals surface area contributed by atoms with E-state index in [4.69, 9.17) is 0 Å². The second kappa shape index (κ2) is 33.6. The second-order valence-electron chi connectivity index (χ2n) is 11.0. The van der Waals surface area contributed by atoms with E-state index in [2.05, 4.69) is 13.8 Å². The monoisotopic (exact) mass is 622 g/mol. The first-order chi connectivity index (χ1) is 18.1. The van der Waals surface area contributed by atoms with Crippen LogP contribution in [0.4, 0.5) is 0 Å². The van der Waals surface area contributed by atoms with E-state index < -0.39 is 20.2 Å². The Morgan fingerprint density at radius 3 is 0.641 bits per heavy atom. The maximum Gasteiger partial charge on any atom is 2.00 e. The predicted octanol–water partition coefficient (Wildman–Crippen LogP) is 8.86. The molecule has 0 spiro atoms. The molecule has 0 saturated heterocycles. The van der Waals surface area contributed by atoms with Gasteiger partial charge in [0.1, 0.15) is 0 Å². The van der Waals surface area contributed by atoms with Crippen LogP contribution < -0.4 is 0 Å². The van der Waals surface area contributed by atoms with Gasteiger partial charge in [-0.15, -0.1) is 0 Å². The summed E-state index contributed by atoms with van der Waals surface area (Å²) in [5.74, 6) is -0.379. The number of unbranched alkanes of at least 4 members (excludes halogenated alkanes) is 24. The first-order valence-electron chi connectivity index (χ1n) is 16.0. The largest absolute Gasteiger partial charge is 2.00 e. The number of rotatable bonds is 28. The van der Waals surface area contributed by atoms with Crippen LogP contribution in [0.2, 0.25) is 0 Å². The van der Waals surface area contributed by atoms with Crippen molar-refractivity contribution in [2.45, 2.75) is 181 Å². The van der Waals surface area contributed by atoms with Crippen molar-refractivity contribution in [3.63, 3.8) is 0 Å². The topological polar surface area (TPSA) is 114 Å². The van der Waals surface area contributed by atoms with Crippen LogP contribution in [0.5, 0.6) is 0 Å². The van der Waals surface area contributed by atoms with Crippen molar-refractivity contribution in [1.82, 2.24) is 0 Å². The molecule has 39 heavy (non-hydrogen) atoms. The van der Waals surface area contributed by atoms with Crippen LogP contribution in [-0.4, -0.2) is 75.2 Å². The van der Waals surface area contributed by atoms with Crippen LogP contribution in [-0.2, 0) is 20.2 Å². The third kappa shape index (κ3) is 49.1. The Morgan fingerprint density at radius 1 is 0.333 bits per heavy atom. The van der Waals surface area contributed by atoms with Crippen molar-refractivity contribution in [2.24, 2.45) is 0 Å². The molecule has 0 saturated carbocycles. The van der Waals surface area contributed by atoms with Gasteiger partial charge in [0.15, 0.2) is 0 Å². The van der Waals surface area contributed by atoms with Gasteiger partial charge in [0.2, 0.25) is 0 Å². The molecule has 0 rings (SSSR count). The van der Waals surface area contributed by atoms with Gasteiger partial charge < -0.3 is 9.11 Å². The molecular formula is C30H62CaO6S2. The van der Waals surface area contributed by atoms with Crippen molar-refractivity contribution < 1.29 is 25.9 Å². The molecule has 6 nitrogen and oxygen atoms in total. The molecule has 0 aliphatic carbocycles. The van der Waals surface area contributed by atoms with Crippen molar-refractivity contribution in [3.05, 3.63) is 0 Å². The summed E-state index contributed by atoms with van der Waals surface area (Å²) in [6, 6.07) is 0. The summed E-state index contributed by atoms with van der Waals surface area (Å²) in [6.07, 6.45) is 31.4. The van der Waals surface area contributed by atoms with E-state index in [-0.39, 0.29) is 49.2 Å². The van der Waals surface area contributed by atoms with Crippen LogP contribution in [0.3, 0.4) is 0 Å². The molecule has 0 unspecified atom stereocenters. The van der Waals surface area contributed by atoms with Gasteiger partial charge in [0.05, 0.1) is 20.2 Å². The Balaban J connectivity index is -0.000000648. The Labute approximate surface area is 274 Å². The predicted molar refractivity (Wildman–Crippen MR) is 166 cm³/mol. The molecule has 9 heteroatoms. The first-order valence-corrected chi connectivity index (χ1v) is 19.1. The zero-order valence-corrected chi connectivity index (χ0v) is 29.6. The molecule has 0 bridgehead atoms. The van der Waals surface area contributed by atoms with E-state index >= 15 is 0 Å². The fourth-order valence-corrected chi connectivity index (χ4v) is 5.71. The zero-order valence-electron chi connectivity index (χ0n) is 25.8. The molecule has 0 amide bonds. The molecule has 0 radical (unpaired) electrons. The maximum absolute atomic E-state index is 10.4. The molecule has 0 fully saturated rings. The summed E-state index contributed by atoms with van der Waals surface area (Å²) in [5, 5.41) is 0. The molecular weight excluding hydrogens is 561 g/mol. The summed E-state index contributed by atoms with van der Waals surface area (Å²) in [7, 11) is -7.98. The van der Waals surface area contributed by atoms with Crippen molar-refractivity contribution in [3.8, 4) is 0 Å². The summed E-state index contributed by atoms with van der Waals surface area (Å²) in [5.41, 5.74) is 0. The van der Waals surface area contributed by atoms with Crippen LogP contribution in [0.25, 0.3) is 0 Å². The molecule has 0 aromatic carbocycles. The quantitative estimate of drug-likeness (QED) is 0.0489. The van der Waals surface area contributed by atoms with E-state index in [1.54, 1.807) is 0 Å². The Morgan fingerprint density at radius 2 is 0.487 bits per heavy atom. The molecule has 0 atom stereocenters. The fourth-order valence-electron chi connectivity index (χ4n) is 4.59. The normalized spacial score (nSPS) is 11.6. The van der Waals surface area contributed by atoms with E-state index in [1.807, 2.05) is 0 Å². The summed E-state index contributed by atoms with van der Waals surface area (Å²) >= 11 is 0. The smallest absolute Gasteiger partial charge is 0.748 e. The number of hydrogen-bond donors (Lipinski definition) is 0. The standard InChI is InChI=1S/2C15H32O3S.Ca/c2*1-2-3-4-5-6-7-8-9-10-11-12-13-14-15-19(16,17)18;/h2*2-15H2,1H3,(H,16,17,18);/q;;+2/p-2. The van der Waals surface area contributed by atoms with Gasteiger partial charge in [0, 0.05) is 11.5 Å². The summed E-state index contributed by atoms with van der Waals surface area (Å²) in [6.45, 7) is 4.49. The zero-order chi connectivity index (χ0) is 28.8. The van der Waals surface area contributed by atoms with Gasteiger partial charge in [-0.1, -0.05) is 168 Å². The van der Waals surface area contributed by atoms with E-state index in [0.29, 0.717) is 12.8 Å². The summed E-state index contributed by atoms with van der Waals surface area (Å²) in [4.78, 5) is 0. The first kappa shape index (κ1) is 44.5. The average molecular weight is 623 g/mol. The van der Waals surface area contributed by atoms with E-state index in [1.165, 1.54) is 128 Å².